The summed E-state index contributed by atoms with van der Waals surface area (Å²) in [5.74, 6) is -0.497. The highest BCUT2D eigenvalue weighted by molar-refractivity contribution is 6.12. The Kier molecular flexibility index (Phi) is 4.46. The monoisotopic (exact) mass is 348 g/mol. The van der Waals surface area contributed by atoms with E-state index in [4.69, 9.17) is 4.42 Å². The van der Waals surface area contributed by atoms with Crippen LogP contribution >= 0.6 is 0 Å². The fraction of sp³-hybridized carbons (Fsp3) is 0.150. The number of benzene rings is 1. The lowest BCUT2D eigenvalue weighted by Crippen LogP contribution is -2.27. The Morgan fingerprint density at radius 2 is 1.96 bits per heavy atom. The zero-order valence-electron chi connectivity index (χ0n) is 14.3. The first-order valence-corrected chi connectivity index (χ1v) is 7.94. The molecule has 26 heavy (non-hydrogen) atoms. The second-order valence-electron chi connectivity index (χ2n) is 5.93. The first kappa shape index (κ1) is 17.2. The van der Waals surface area contributed by atoms with Gasteiger partial charge in [0.25, 0.3) is 5.56 Å². The van der Waals surface area contributed by atoms with E-state index in [2.05, 4.69) is 0 Å². The molecule has 3 rings (SSSR count). The van der Waals surface area contributed by atoms with Crippen molar-refractivity contribution in [3.05, 3.63) is 86.6 Å². The lowest BCUT2D eigenvalue weighted by molar-refractivity contribution is 0.103. The topological polar surface area (TPSA) is 96.2 Å². The molecule has 2 heterocycles. The Bertz CT molecular complexity index is 1090. The molecule has 0 radical (unpaired) electrons. The number of carbonyl (C=O) groups excluding carboxylic acids is 1. The van der Waals surface area contributed by atoms with Gasteiger partial charge in [0.15, 0.2) is 5.78 Å². The molecule has 3 aromatic rings. The minimum absolute atomic E-state index is 0.0537. The third kappa shape index (κ3) is 2.80. The van der Waals surface area contributed by atoms with Crippen molar-refractivity contribution in [3.8, 4) is 11.9 Å². The van der Waals surface area contributed by atoms with Crippen molar-refractivity contribution >= 4 is 5.78 Å². The van der Waals surface area contributed by atoms with Crippen LogP contribution in [0.4, 0.5) is 0 Å². The van der Waals surface area contributed by atoms with E-state index in [1.807, 2.05) is 6.07 Å². The lowest BCUT2D eigenvalue weighted by atomic mass is 9.95. The molecule has 6 nitrogen and oxygen atoms in total. The molecule has 0 atom stereocenters. The zero-order valence-corrected chi connectivity index (χ0v) is 14.3. The van der Waals surface area contributed by atoms with Crippen molar-refractivity contribution in [1.29, 1.82) is 5.26 Å². The van der Waals surface area contributed by atoms with Crippen molar-refractivity contribution in [3.63, 3.8) is 0 Å². The highest BCUT2D eigenvalue weighted by Gasteiger charge is 2.25. The Labute approximate surface area is 149 Å². The number of nitrogens with zero attached hydrogens (tertiary/aromatic N) is 2. The van der Waals surface area contributed by atoms with Gasteiger partial charge in [0.2, 0.25) is 5.88 Å². The number of carbonyl (C=O) groups is 1. The van der Waals surface area contributed by atoms with E-state index in [1.54, 1.807) is 43.3 Å². The number of aryl methyl sites for hydroxylation is 1. The second kappa shape index (κ2) is 6.73. The van der Waals surface area contributed by atoms with Crippen LogP contribution in [0.15, 0.2) is 51.9 Å². The van der Waals surface area contributed by atoms with Gasteiger partial charge in [-0.2, -0.15) is 5.26 Å². The molecule has 0 aliphatic rings. The number of rotatable bonds is 4. The predicted octanol–water partition coefficient (Wildman–Crippen LogP) is 2.91. The number of hydrogen-bond donors (Lipinski definition) is 1. The fourth-order valence-electron chi connectivity index (χ4n) is 2.89. The lowest BCUT2D eigenvalue weighted by Gasteiger charge is -2.15. The maximum absolute atomic E-state index is 13.0. The Hall–Kier alpha value is -3.59. The first-order chi connectivity index (χ1) is 12.5. The Balaban J connectivity index is 2.25. The molecular weight excluding hydrogens is 332 g/mol. The van der Waals surface area contributed by atoms with Gasteiger partial charge in [0.1, 0.15) is 17.4 Å². The van der Waals surface area contributed by atoms with Crippen molar-refractivity contribution in [2.45, 2.75) is 20.4 Å². The van der Waals surface area contributed by atoms with Gasteiger partial charge in [-0.25, -0.2) is 0 Å². The van der Waals surface area contributed by atoms with E-state index in [1.165, 1.54) is 13.2 Å². The van der Waals surface area contributed by atoms with Gasteiger partial charge in [-0.3, -0.25) is 14.2 Å². The molecule has 6 heteroatoms. The molecule has 0 unspecified atom stereocenters. The molecule has 0 amide bonds. The van der Waals surface area contributed by atoms with Crippen molar-refractivity contribution in [2.24, 2.45) is 0 Å². The largest absolute Gasteiger partial charge is 0.494 e. The number of ketones is 1. The van der Waals surface area contributed by atoms with Gasteiger partial charge >= 0.3 is 0 Å². The Morgan fingerprint density at radius 1 is 1.23 bits per heavy atom. The molecular formula is C20H16N2O4. The molecule has 1 N–H and O–H groups in total. The van der Waals surface area contributed by atoms with Crippen LogP contribution in [0.25, 0.3) is 0 Å². The van der Waals surface area contributed by atoms with Gasteiger partial charge < -0.3 is 9.52 Å². The van der Waals surface area contributed by atoms with Crippen LogP contribution in [-0.4, -0.2) is 15.5 Å². The standard InChI is InChI=1S/C20H16N2O4/c1-12-6-3-4-8-15(12)18(23)17-13(2)16(10-21)19(24)22(20(17)25)11-14-7-5-9-26-14/h3-9,25H,11H2,1-2H3. The molecule has 2 aromatic heterocycles. The SMILES string of the molecule is Cc1ccccc1C(=O)c1c(C)c(C#N)c(=O)n(Cc2ccco2)c1O. The first-order valence-electron chi connectivity index (χ1n) is 7.94. The average molecular weight is 348 g/mol. The van der Waals surface area contributed by atoms with Crippen molar-refractivity contribution < 1.29 is 14.3 Å². The molecule has 0 aliphatic carbocycles. The number of aromatic hydroxyl groups is 1. The third-order valence-corrected chi connectivity index (χ3v) is 4.31. The van der Waals surface area contributed by atoms with Gasteiger partial charge in [0.05, 0.1) is 18.4 Å². The second-order valence-corrected chi connectivity index (χ2v) is 5.93. The number of aromatic nitrogens is 1. The zero-order chi connectivity index (χ0) is 18.8. The molecule has 0 saturated heterocycles. The van der Waals surface area contributed by atoms with Crippen LogP contribution in [0.2, 0.25) is 0 Å². The Morgan fingerprint density at radius 3 is 2.58 bits per heavy atom. The smallest absolute Gasteiger partial charge is 0.271 e. The van der Waals surface area contributed by atoms with Crippen LogP contribution in [0.5, 0.6) is 5.88 Å². The summed E-state index contributed by atoms with van der Waals surface area (Å²) < 4.78 is 6.20. The molecule has 0 bridgehead atoms. The summed E-state index contributed by atoms with van der Waals surface area (Å²) in [6, 6.07) is 12.1. The molecule has 0 aliphatic heterocycles. The quantitative estimate of drug-likeness (QED) is 0.731. The summed E-state index contributed by atoms with van der Waals surface area (Å²) in [4.78, 5) is 25.6. The van der Waals surface area contributed by atoms with E-state index in [0.717, 1.165) is 10.1 Å². The summed E-state index contributed by atoms with van der Waals surface area (Å²) in [5, 5.41) is 20.1. The van der Waals surface area contributed by atoms with Gasteiger partial charge in [-0.15, -0.1) is 0 Å². The van der Waals surface area contributed by atoms with Crippen LogP contribution in [-0.2, 0) is 6.54 Å². The third-order valence-electron chi connectivity index (χ3n) is 4.31. The number of furan rings is 1. The summed E-state index contributed by atoms with van der Waals surface area (Å²) >= 11 is 0. The van der Waals surface area contributed by atoms with Crippen LogP contribution in [0.3, 0.4) is 0 Å². The molecule has 0 fully saturated rings. The van der Waals surface area contributed by atoms with Crippen molar-refractivity contribution in [2.75, 3.05) is 0 Å². The minimum Gasteiger partial charge on any atom is -0.494 e. The number of hydrogen-bond acceptors (Lipinski definition) is 5. The van der Waals surface area contributed by atoms with Crippen molar-refractivity contribution in [1.82, 2.24) is 4.57 Å². The van der Waals surface area contributed by atoms with E-state index >= 15 is 0 Å². The molecule has 0 spiro atoms. The maximum Gasteiger partial charge on any atom is 0.271 e. The van der Waals surface area contributed by atoms with Gasteiger partial charge in [0, 0.05) is 5.56 Å². The summed E-state index contributed by atoms with van der Waals surface area (Å²) in [7, 11) is 0. The number of pyridine rings is 1. The molecule has 130 valence electrons. The van der Waals surface area contributed by atoms with E-state index in [-0.39, 0.29) is 23.2 Å². The van der Waals surface area contributed by atoms with E-state index < -0.39 is 17.2 Å². The van der Waals surface area contributed by atoms with Gasteiger partial charge in [-0.1, -0.05) is 24.3 Å². The molecule has 1 aromatic carbocycles. The van der Waals surface area contributed by atoms with Crippen LogP contribution in [0.1, 0.15) is 38.4 Å². The van der Waals surface area contributed by atoms with Gasteiger partial charge in [-0.05, 0) is 37.1 Å². The highest BCUT2D eigenvalue weighted by Crippen LogP contribution is 2.26. The predicted molar refractivity (Wildman–Crippen MR) is 94.2 cm³/mol. The summed E-state index contributed by atoms with van der Waals surface area (Å²) in [5.41, 5.74) is 0.407. The summed E-state index contributed by atoms with van der Waals surface area (Å²) in [6.07, 6.45) is 1.44. The molecule has 0 saturated carbocycles. The van der Waals surface area contributed by atoms with E-state index in [9.17, 15) is 20.0 Å². The minimum atomic E-state index is -0.666. The average Bonchev–Trinajstić information content (AvgIpc) is 3.12. The summed E-state index contributed by atoms with van der Waals surface area (Å²) in [6.45, 7) is 3.19. The van der Waals surface area contributed by atoms with Crippen LogP contribution in [0, 0.1) is 25.2 Å². The highest BCUT2D eigenvalue weighted by atomic mass is 16.3. The van der Waals surface area contributed by atoms with Crippen LogP contribution < -0.4 is 5.56 Å². The number of nitriles is 1. The van der Waals surface area contributed by atoms with E-state index in [0.29, 0.717) is 11.3 Å². The fourth-order valence-corrected chi connectivity index (χ4v) is 2.89. The normalized spacial score (nSPS) is 10.5. The maximum atomic E-state index is 13.0.